The van der Waals surface area contributed by atoms with Crippen molar-refractivity contribution in [1.29, 1.82) is 0 Å². The molecule has 2 rings (SSSR count). The van der Waals surface area contributed by atoms with Gasteiger partial charge in [0.2, 0.25) is 5.91 Å². The van der Waals surface area contributed by atoms with E-state index in [1.165, 1.54) is 0 Å². The number of rotatable bonds is 3. The smallest absolute Gasteiger partial charge is 0.232 e. The van der Waals surface area contributed by atoms with Crippen LogP contribution < -0.4 is 10.6 Å². The Bertz CT molecular complexity index is 453. The molecule has 1 fully saturated rings. The van der Waals surface area contributed by atoms with E-state index in [1.54, 1.807) is 11.9 Å². The largest absolute Gasteiger partial charge is 0.389 e. The Morgan fingerprint density at radius 2 is 2.11 bits per heavy atom. The standard InChI is InChI=1S/C13H16N2O2S/c1-15(13(16)10-6-7-17-8-10)11-4-2-9(3-5-11)12(14)18/h2-5,10H,6-8H2,1H3,(H2,14,18). The quantitative estimate of drug-likeness (QED) is 0.837. The van der Waals surface area contributed by atoms with Crippen molar-refractivity contribution in [1.82, 2.24) is 0 Å². The highest BCUT2D eigenvalue weighted by atomic mass is 32.1. The highest BCUT2D eigenvalue weighted by Crippen LogP contribution is 2.20. The molecule has 1 aliphatic heterocycles. The highest BCUT2D eigenvalue weighted by Gasteiger charge is 2.26. The maximum atomic E-state index is 12.2. The minimum Gasteiger partial charge on any atom is -0.389 e. The molecule has 1 unspecified atom stereocenters. The lowest BCUT2D eigenvalue weighted by Gasteiger charge is -2.20. The van der Waals surface area contributed by atoms with Gasteiger partial charge in [-0.2, -0.15) is 0 Å². The molecule has 0 aliphatic carbocycles. The molecule has 2 N–H and O–H groups in total. The maximum absolute atomic E-state index is 12.2. The number of carbonyl (C=O) groups excluding carboxylic acids is 1. The van der Waals surface area contributed by atoms with Gasteiger partial charge >= 0.3 is 0 Å². The molecule has 1 saturated heterocycles. The molecule has 4 nitrogen and oxygen atoms in total. The zero-order valence-electron chi connectivity index (χ0n) is 10.3. The molecular formula is C13H16N2O2S. The molecule has 0 radical (unpaired) electrons. The number of carbonyl (C=O) groups is 1. The Morgan fingerprint density at radius 3 is 2.61 bits per heavy atom. The van der Waals surface area contributed by atoms with Crippen molar-refractivity contribution in [2.75, 3.05) is 25.2 Å². The van der Waals surface area contributed by atoms with Crippen molar-refractivity contribution >= 4 is 28.8 Å². The van der Waals surface area contributed by atoms with Crippen LogP contribution in [0.25, 0.3) is 0 Å². The van der Waals surface area contributed by atoms with E-state index in [2.05, 4.69) is 0 Å². The van der Waals surface area contributed by atoms with Gasteiger partial charge in [-0.1, -0.05) is 12.2 Å². The lowest BCUT2D eigenvalue weighted by atomic mass is 10.1. The zero-order chi connectivity index (χ0) is 13.1. The number of ether oxygens (including phenoxy) is 1. The van der Waals surface area contributed by atoms with Crippen LogP contribution in [0.5, 0.6) is 0 Å². The van der Waals surface area contributed by atoms with Gasteiger partial charge in [0.15, 0.2) is 0 Å². The molecule has 0 bridgehead atoms. The van der Waals surface area contributed by atoms with Crippen LogP contribution in [-0.2, 0) is 9.53 Å². The molecule has 1 amide bonds. The lowest BCUT2D eigenvalue weighted by Crippen LogP contribution is -2.33. The van der Waals surface area contributed by atoms with Gasteiger partial charge in [-0.05, 0) is 30.7 Å². The minimum absolute atomic E-state index is 0.0229. The molecule has 0 saturated carbocycles. The first-order valence-electron chi connectivity index (χ1n) is 5.85. The van der Waals surface area contributed by atoms with Crippen molar-refractivity contribution in [2.45, 2.75) is 6.42 Å². The summed E-state index contributed by atoms with van der Waals surface area (Å²) < 4.78 is 5.23. The molecule has 18 heavy (non-hydrogen) atoms. The average molecular weight is 264 g/mol. The van der Waals surface area contributed by atoms with Crippen molar-refractivity contribution in [3.63, 3.8) is 0 Å². The van der Waals surface area contributed by atoms with E-state index in [0.717, 1.165) is 17.7 Å². The topological polar surface area (TPSA) is 55.6 Å². The summed E-state index contributed by atoms with van der Waals surface area (Å²) in [5.41, 5.74) is 7.18. The Balaban J connectivity index is 2.10. The van der Waals surface area contributed by atoms with Crippen molar-refractivity contribution in [3.05, 3.63) is 29.8 Å². The second-order valence-corrected chi connectivity index (χ2v) is 4.81. The number of amides is 1. The Hall–Kier alpha value is -1.46. The van der Waals surface area contributed by atoms with E-state index < -0.39 is 0 Å². The van der Waals surface area contributed by atoms with Crippen LogP contribution in [0.4, 0.5) is 5.69 Å². The van der Waals surface area contributed by atoms with Gasteiger partial charge in [0.05, 0.1) is 12.5 Å². The summed E-state index contributed by atoms with van der Waals surface area (Å²) in [6, 6.07) is 7.35. The third kappa shape index (κ3) is 2.68. The predicted molar refractivity (Wildman–Crippen MR) is 74.7 cm³/mol. The van der Waals surface area contributed by atoms with Gasteiger partial charge in [-0.3, -0.25) is 4.79 Å². The first-order valence-corrected chi connectivity index (χ1v) is 6.25. The SMILES string of the molecule is CN(C(=O)C1CCOC1)c1ccc(C(N)=S)cc1. The number of nitrogens with two attached hydrogens (primary N) is 1. The molecule has 5 heteroatoms. The van der Waals surface area contributed by atoms with E-state index in [4.69, 9.17) is 22.7 Å². The summed E-state index contributed by atoms with van der Waals surface area (Å²) in [6.45, 7) is 1.19. The Morgan fingerprint density at radius 1 is 1.44 bits per heavy atom. The van der Waals surface area contributed by atoms with Crippen LogP contribution >= 0.6 is 12.2 Å². The van der Waals surface area contributed by atoms with E-state index in [-0.39, 0.29) is 11.8 Å². The monoisotopic (exact) mass is 264 g/mol. The van der Waals surface area contributed by atoms with Crippen LogP contribution in [0.2, 0.25) is 0 Å². The van der Waals surface area contributed by atoms with Gasteiger partial charge in [0.25, 0.3) is 0 Å². The zero-order valence-corrected chi connectivity index (χ0v) is 11.1. The fourth-order valence-corrected chi connectivity index (χ4v) is 2.12. The molecule has 96 valence electrons. The van der Waals surface area contributed by atoms with Gasteiger partial charge in [-0.15, -0.1) is 0 Å². The number of thiocarbonyl (C=S) groups is 1. The summed E-state index contributed by atoms with van der Waals surface area (Å²) in [4.78, 5) is 14.2. The molecular weight excluding hydrogens is 248 g/mol. The predicted octanol–water partition coefficient (Wildman–Crippen LogP) is 1.32. The number of nitrogens with zero attached hydrogens (tertiary/aromatic N) is 1. The summed E-state index contributed by atoms with van der Waals surface area (Å²) in [7, 11) is 1.77. The number of anilines is 1. The van der Waals surface area contributed by atoms with Crippen molar-refractivity contribution < 1.29 is 9.53 Å². The van der Waals surface area contributed by atoms with E-state index in [9.17, 15) is 4.79 Å². The van der Waals surface area contributed by atoms with Crippen LogP contribution in [0, 0.1) is 5.92 Å². The summed E-state index contributed by atoms with van der Waals surface area (Å²) in [5.74, 6) is 0.0702. The maximum Gasteiger partial charge on any atom is 0.232 e. The summed E-state index contributed by atoms with van der Waals surface area (Å²) in [5, 5.41) is 0. The van der Waals surface area contributed by atoms with E-state index >= 15 is 0 Å². The molecule has 0 spiro atoms. The van der Waals surface area contributed by atoms with Crippen molar-refractivity contribution in [2.24, 2.45) is 11.7 Å². The molecule has 1 aromatic rings. The second kappa shape index (κ2) is 5.46. The summed E-state index contributed by atoms with van der Waals surface area (Å²) >= 11 is 4.89. The van der Waals surface area contributed by atoms with Gasteiger partial charge < -0.3 is 15.4 Å². The van der Waals surface area contributed by atoms with Crippen LogP contribution in [0.3, 0.4) is 0 Å². The highest BCUT2D eigenvalue weighted by molar-refractivity contribution is 7.80. The fourth-order valence-electron chi connectivity index (χ4n) is 1.98. The first kappa shape index (κ1) is 13.0. The van der Waals surface area contributed by atoms with E-state index in [0.29, 0.717) is 18.2 Å². The second-order valence-electron chi connectivity index (χ2n) is 4.37. The molecule has 0 aromatic heterocycles. The normalized spacial score (nSPS) is 18.6. The number of benzene rings is 1. The van der Waals surface area contributed by atoms with E-state index in [1.807, 2.05) is 24.3 Å². The van der Waals surface area contributed by atoms with Crippen molar-refractivity contribution in [3.8, 4) is 0 Å². The number of hydrogen-bond acceptors (Lipinski definition) is 3. The summed E-state index contributed by atoms with van der Waals surface area (Å²) in [6.07, 6.45) is 0.800. The minimum atomic E-state index is -0.0229. The Kier molecular flexibility index (Phi) is 3.93. The van der Waals surface area contributed by atoms with Crippen LogP contribution in [0.1, 0.15) is 12.0 Å². The average Bonchev–Trinajstić information content (AvgIpc) is 2.91. The van der Waals surface area contributed by atoms with Crippen LogP contribution in [-0.4, -0.2) is 31.2 Å². The molecule has 1 aromatic carbocycles. The fraction of sp³-hybridized carbons (Fsp3) is 0.385. The molecule has 1 atom stereocenters. The number of hydrogen-bond donors (Lipinski definition) is 1. The molecule has 1 heterocycles. The van der Waals surface area contributed by atoms with Gasteiger partial charge in [0.1, 0.15) is 4.99 Å². The van der Waals surface area contributed by atoms with Crippen LogP contribution in [0.15, 0.2) is 24.3 Å². The molecule has 1 aliphatic rings. The third-order valence-corrected chi connectivity index (χ3v) is 3.38. The Labute approximate surface area is 112 Å². The third-order valence-electron chi connectivity index (χ3n) is 3.15. The first-order chi connectivity index (χ1) is 8.59. The lowest BCUT2D eigenvalue weighted by molar-refractivity contribution is -0.122. The van der Waals surface area contributed by atoms with Gasteiger partial charge in [0, 0.05) is 24.9 Å². The van der Waals surface area contributed by atoms with Gasteiger partial charge in [-0.25, -0.2) is 0 Å².